The maximum Gasteiger partial charge on any atom is 0.315 e. The van der Waals surface area contributed by atoms with Crippen LogP contribution in [0.2, 0.25) is 6.32 Å². The summed E-state index contributed by atoms with van der Waals surface area (Å²) in [5, 5.41) is 9.00. The second-order valence-electron chi connectivity index (χ2n) is 3.34. The van der Waals surface area contributed by atoms with Gasteiger partial charge in [0.05, 0.1) is 7.11 Å². The van der Waals surface area contributed by atoms with E-state index in [0.717, 1.165) is 16.8 Å². The van der Waals surface area contributed by atoms with Crippen molar-refractivity contribution in [2.75, 3.05) is 7.11 Å². The van der Waals surface area contributed by atoms with Crippen LogP contribution in [0.25, 0.3) is 0 Å². The molecular formula is C12H12BNO. The first kappa shape index (κ1) is 11.2. The van der Waals surface area contributed by atoms with E-state index in [0.29, 0.717) is 6.32 Å². The minimum absolute atomic E-state index is 0.287. The molecule has 0 fully saturated rings. The SMILES string of the molecule is C#CCB(C#N)c1ccc(C)cc1OC. The summed E-state index contributed by atoms with van der Waals surface area (Å²) in [5.41, 5.74) is 1.97. The van der Waals surface area contributed by atoms with E-state index in [2.05, 4.69) is 11.9 Å². The van der Waals surface area contributed by atoms with Gasteiger partial charge in [-0.25, -0.2) is 5.26 Å². The molecule has 0 heterocycles. The van der Waals surface area contributed by atoms with Crippen LogP contribution in [-0.4, -0.2) is 13.8 Å². The summed E-state index contributed by atoms with van der Waals surface area (Å²) in [6.45, 7) is 1.69. The van der Waals surface area contributed by atoms with Crippen LogP contribution in [0, 0.1) is 30.5 Å². The van der Waals surface area contributed by atoms with Gasteiger partial charge in [-0.05, 0) is 24.0 Å². The molecular weight excluding hydrogens is 185 g/mol. The molecule has 0 atom stereocenters. The van der Waals surface area contributed by atoms with E-state index in [1.54, 1.807) is 7.11 Å². The minimum Gasteiger partial charge on any atom is -0.497 e. The molecule has 0 aliphatic carbocycles. The third kappa shape index (κ3) is 2.54. The van der Waals surface area contributed by atoms with E-state index >= 15 is 0 Å². The number of aryl methyl sites for hydroxylation is 1. The Hall–Kier alpha value is -1.87. The Balaban J connectivity index is 3.13. The lowest BCUT2D eigenvalue weighted by atomic mass is 9.44. The lowest BCUT2D eigenvalue weighted by Crippen LogP contribution is -2.29. The van der Waals surface area contributed by atoms with Gasteiger partial charge in [0, 0.05) is 12.3 Å². The zero-order chi connectivity index (χ0) is 11.3. The maximum atomic E-state index is 9.00. The Labute approximate surface area is 90.9 Å². The molecule has 3 heteroatoms. The van der Waals surface area contributed by atoms with Crippen molar-refractivity contribution in [1.29, 1.82) is 5.26 Å². The molecule has 0 saturated heterocycles. The lowest BCUT2D eigenvalue weighted by Gasteiger charge is -2.10. The highest BCUT2D eigenvalue weighted by Crippen LogP contribution is 2.11. The average Bonchev–Trinajstić information content (AvgIpc) is 2.26. The van der Waals surface area contributed by atoms with Crippen LogP contribution in [0.5, 0.6) is 5.75 Å². The van der Waals surface area contributed by atoms with Crippen molar-refractivity contribution in [3.63, 3.8) is 0 Å². The van der Waals surface area contributed by atoms with Crippen molar-refractivity contribution < 1.29 is 4.74 Å². The Morgan fingerprint density at radius 3 is 2.80 bits per heavy atom. The quantitative estimate of drug-likeness (QED) is 0.542. The van der Waals surface area contributed by atoms with Crippen molar-refractivity contribution in [1.82, 2.24) is 0 Å². The van der Waals surface area contributed by atoms with Gasteiger partial charge in [0.2, 0.25) is 0 Å². The van der Waals surface area contributed by atoms with E-state index in [9.17, 15) is 0 Å². The van der Waals surface area contributed by atoms with Gasteiger partial charge < -0.3 is 4.74 Å². The molecule has 1 aromatic carbocycles. The maximum absolute atomic E-state index is 9.00. The second kappa shape index (κ2) is 5.12. The van der Waals surface area contributed by atoms with Crippen molar-refractivity contribution in [2.45, 2.75) is 13.2 Å². The van der Waals surface area contributed by atoms with Gasteiger partial charge in [0.1, 0.15) is 5.75 Å². The molecule has 0 spiro atoms. The molecule has 15 heavy (non-hydrogen) atoms. The van der Waals surface area contributed by atoms with Gasteiger partial charge in [0.25, 0.3) is 0 Å². The molecule has 0 unspecified atom stereocenters. The van der Waals surface area contributed by atoms with Crippen molar-refractivity contribution in [3.8, 4) is 24.1 Å². The summed E-state index contributed by atoms with van der Waals surface area (Å²) in [6, 6.07) is 5.77. The predicted octanol–water partition coefficient (Wildman–Crippen LogP) is 1.40. The number of rotatable bonds is 3. The summed E-state index contributed by atoms with van der Waals surface area (Å²) in [5.74, 6) is 5.43. The van der Waals surface area contributed by atoms with E-state index in [-0.39, 0.29) is 6.71 Å². The smallest absolute Gasteiger partial charge is 0.315 e. The van der Waals surface area contributed by atoms with E-state index in [1.165, 1.54) is 0 Å². The highest BCUT2D eigenvalue weighted by molar-refractivity contribution is 6.81. The summed E-state index contributed by atoms with van der Waals surface area (Å²) in [7, 11) is 1.60. The van der Waals surface area contributed by atoms with Gasteiger partial charge >= 0.3 is 6.71 Å². The molecule has 0 N–H and O–H groups in total. The number of terminal acetylenes is 1. The molecule has 0 radical (unpaired) electrons. The average molecular weight is 197 g/mol. The highest BCUT2D eigenvalue weighted by atomic mass is 16.5. The zero-order valence-corrected chi connectivity index (χ0v) is 8.95. The van der Waals surface area contributed by atoms with Crippen molar-refractivity contribution in [3.05, 3.63) is 23.8 Å². The Morgan fingerprint density at radius 1 is 1.53 bits per heavy atom. The molecule has 74 valence electrons. The first-order valence-electron chi connectivity index (χ1n) is 4.70. The van der Waals surface area contributed by atoms with E-state index in [4.69, 9.17) is 16.4 Å². The zero-order valence-electron chi connectivity index (χ0n) is 8.95. The monoisotopic (exact) mass is 197 g/mol. The van der Waals surface area contributed by atoms with Crippen LogP contribution in [-0.2, 0) is 0 Å². The Bertz CT molecular complexity index is 428. The number of benzene rings is 1. The second-order valence-corrected chi connectivity index (χ2v) is 3.34. The number of ether oxygens (including phenoxy) is 1. The van der Waals surface area contributed by atoms with E-state index < -0.39 is 0 Å². The third-order valence-corrected chi connectivity index (χ3v) is 2.24. The van der Waals surface area contributed by atoms with Crippen LogP contribution >= 0.6 is 0 Å². The van der Waals surface area contributed by atoms with E-state index in [1.807, 2.05) is 25.1 Å². The normalized spacial score (nSPS) is 8.80. The molecule has 0 aliphatic heterocycles. The molecule has 0 aromatic heterocycles. The summed E-state index contributed by atoms with van der Waals surface area (Å²) >= 11 is 0. The molecule has 2 nitrogen and oxygen atoms in total. The third-order valence-electron chi connectivity index (χ3n) is 2.24. The summed E-state index contributed by atoms with van der Waals surface area (Å²) < 4.78 is 5.24. The van der Waals surface area contributed by atoms with Gasteiger partial charge in [-0.1, -0.05) is 12.1 Å². The molecule has 1 rings (SSSR count). The predicted molar refractivity (Wildman–Crippen MR) is 62.4 cm³/mol. The fourth-order valence-electron chi connectivity index (χ4n) is 1.45. The standard InChI is InChI=1S/C12H12BNO/c1-4-7-13(9-14)11-6-5-10(2)8-12(11)15-3/h1,5-6,8H,7H2,2-3H3. The van der Waals surface area contributed by atoms with Crippen molar-refractivity contribution >= 4 is 12.2 Å². The summed E-state index contributed by atoms with van der Waals surface area (Å²) in [6.07, 6.45) is 5.63. The van der Waals surface area contributed by atoms with Gasteiger partial charge in [-0.15, -0.1) is 12.3 Å². The topological polar surface area (TPSA) is 33.0 Å². The van der Waals surface area contributed by atoms with Crippen molar-refractivity contribution in [2.24, 2.45) is 0 Å². The fourth-order valence-corrected chi connectivity index (χ4v) is 1.45. The van der Waals surface area contributed by atoms with Gasteiger partial charge in [-0.2, -0.15) is 0 Å². The number of nitrogens with zero attached hydrogens (tertiary/aromatic N) is 1. The Morgan fingerprint density at radius 2 is 2.27 bits per heavy atom. The minimum atomic E-state index is -0.287. The largest absolute Gasteiger partial charge is 0.497 e. The highest BCUT2D eigenvalue weighted by Gasteiger charge is 2.19. The van der Waals surface area contributed by atoms with Crippen LogP contribution < -0.4 is 10.2 Å². The number of nitriles is 1. The molecule has 0 saturated carbocycles. The first-order valence-corrected chi connectivity index (χ1v) is 4.70. The van der Waals surface area contributed by atoms with Crippen LogP contribution in [0.3, 0.4) is 0 Å². The number of hydrogen-bond donors (Lipinski definition) is 0. The van der Waals surface area contributed by atoms with Crippen LogP contribution in [0.15, 0.2) is 18.2 Å². The first-order chi connectivity index (χ1) is 7.22. The summed E-state index contributed by atoms with van der Waals surface area (Å²) in [4.78, 5) is 0. The fraction of sp³-hybridized carbons (Fsp3) is 0.250. The Kier molecular flexibility index (Phi) is 3.83. The lowest BCUT2D eigenvalue weighted by molar-refractivity contribution is 0.417. The van der Waals surface area contributed by atoms with Gasteiger partial charge in [0.15, 0.2) is 0 Å². The number of hydrogen-bond acceptors (Lipinski definition) is 2. The molecule has 0 bridgehead atoms. The molecule has 0 amide bonds. The molecule has 0 aliphatic rings. The van der Waals surface area contributed by atoms with Gasteiger partial charge in [-0.3, -0.25) is 0 Å². The van der Waals surface area contributed by atoms with Crippen LogP contribution in [0.4, 0.5) is 0 Å². The molecule has 1 aromatic rings. The van der Waals surface area contributed by atoms with Crippen LogP contribution in [0.1, 0.15) is 5.56 Å². The number of methoxy groups -OCH3 is 1.